The number of halogens is 1. The normalized spacial score (nSPS) is 10.7. The van der Waals surface area contributed by atoms with Gasteiger partial charge in [0.25, 0.3) is 11.5 Å². The molecule has 0 aromatic carbocycles. The number of anilines is 1. The standard InChI is InChI=1S/C16H20IN3O2S/c1-5-18-15-11(4)13(8-23-15)16(22)20(17)7-12-9(2)6-10(3)19-14(12)21/h6,8,18H,5,7H2,1-4H3,(H,19,21). The second-order valence-corrected chi connectivity index (χ2v) is 7.45. The van der Waals surface area contributed by atoms with E-state index in [1.165, 1.54) is 11.3 Å². The van der Waals surface area contributed by atoms with Gasteiger partial charge < -0.3 is 10.3 Å². The SMILES string of the molecule is CCNc1scc(C(=O)N(I)Cc2c(C)cc(C)[nH]c2=O)c1C. The molecule has 0 unspecified atom stereocenters. The molecule has 2 aromatic heterocycles. The molecule has 0 spiro atoms. The highest BCUT2D eigenvalue weighted by atomic mass is 127. The minimum Gasteiger partial charge on any atom is -0.377 e. The van der Waals surface area contributed by atoms with E-state index in [1.54, 1.807) is 3.11 Å². The van der Waals surface area contributed by atoms with Crippen LogP contribution < -0.4 is 10.9 Å². The minimum absolute atomic E-state index is 0.0807. The Hall–Kier alpha value is -1.35. The van der Waals surface area contributed by atoms with E-state index in [-0.39, 0.29) is 18.0 Å². The van der Waals surface area contributed by atoms with Crippen molar-refractivity contribution in [1.29, 1.82) is 0 Å². The molecular weight excluding hydrogens is 425 g/mol. The third-order valence-electron chi connectivity index (χ3n) is 3.62. The summed E-state index contributed by atoms with van der Waals surface area (Å²) in [7, 11) is 0. The first kappa shape index (κ1) is 18.0. The third kappa shape index (κ3) is 3.95. The van der Waals surface area contributed by atoms with Gasteiger partial charge >= 0.3 is 0 Å². The van der Waals surface area contributed by atoms with Crippen LogP contribution in [0.25, 0.3) is 0 Å². The van der Waals surface area contributed by atoms with Crippen molar-refractivity contribution in [2.75, 3.05) is 11.9 Å². The van der Waals surface area contributed by atoms with E-state index in [1.807, 2.05) is 62.0 Å². The van der Waals surface area contributed by atoms with Gasteiger partial charge in [0.15, 0.2) is 0 Å². The van der Waals surface area contributed by atoms with Crippen LogP contribution in [0.5, 0.6) is 0 Å². The number of carbonyl (C=O) groups excluding carboxylic acids is 1. The molecule has 0 fully saturated rings. The fraction of sp³-hybridized carbons (Fsp3) is 0.375. The number of amides is 1. The van der Waals surface area contributed by atoms with Crippen molar-refractivity contribution in [3.8, 4) is 0 Å². The summed E-state index contributed by atoms with van der Waals surface area (Å²) in [5, 5.41) is 6.14. The highest BCUT2D eigenvalue weighted by Crippen LogP contribution is 2.29. The quantitative estimate of drug-likeness (QED) is 0.544. The molecule has 0 aliphatic rings. The Labute approximate surface area is 153 Å². The second kappa shape index (κ2) is 7.48. The average Bonchev–Trinajstić information content (AvgIpc) is 2.83. The van der Waals surface area contributed by atoms with Crippen LogP contribution in [0.3, 0.4) is 0 Å². The summed E-state index contributed by atoms with van der Waals surface area (Å²) in [6.45, 7) is 8.81. The minimum atomic E-state index is -0.132. The number of hydrogen-bond donors (Lipinski definition) is 2. The summed E-state index contributed by atoms with van der Waals surface area (Å²) in [5.41, 5.74) is 3.85. The van der Waals surface area contributed by atoms with Gasteiger partial charge in [-0.1, -0.05) is 0 Å². The molecule has 0 radical (unpaired) electrons. The van der Waals surface area contributed by atoms with Crippen LogP contribution in [0, 0.1) is 20.8 Å². The van der Waals surface area contributed by atoms with E-state index in [0.717, 1.165) is 28.4 Å². The number of aromatic amines is 1. The molecule has 7 heteroatoms. The molecule has 2 rings (SSSR count). The van der Waals surface area contributed by atoms with Crippen molar-refractivity contribution in [3.63, 3.8) is 0 Å². The predicted octanol–water partition coefficient (Wildman–Crippen LogP) is 3.79. The summed E-state index contributed by atoms with van der Waals surface area (Å²) in [4.78, 5) is 27.6. The summed E-state index contributed by atoms with van der Waals surface area (Å²) in [6.07, 6.45) is 0. The number of aromatic nitrogens is 1. The molecule has 0 saturated heterocycles. The van der Waals surface area contributed by atoms with Gasteiger partial charge in [-0.25, -0.2) is 0 Å². The maximum atomic E-state index is 12.7. The Morgan fingerprint density at radius 1 is 1.39 bits per heavy atom. The maximum Gasteiger partial charge on any atom is 0.264 e. The van der Waals surface area contributed by atoms with Crippen molar-refractivity contribution in [1.82, 2.24) is 8.10 Å². The molecule has 124 valence electrons. The lowest BCUT2D eigenvalue weighted by molar-refractivity contribution is 0.0883. The Kier molecular flexibility index (Phi) is 5.85. The van der Waals surface area contributed by atoms with Crippen molar-refractivity contribution < 1.29 is 4.79 Å². The number of pyridine rings is 1. The van der Waals surface area contributed by atoms with Gasteiger partial charge in [0.2, 0.25) is 0 Å². The van der Waals surface area contributed by atoms with E-state index in [0.29, 0.717) is 11.1 Å². The molecule has 0 saturated carbocycles. The van der Waals surface area contributed by atoms with Crippen LogP contribution in [0.2, 0.25) is 0 Å². The number of hydrogen-bond acceptors (Lipinski definition) is 4. The lowest BCUT2D eigenvalue weighted by Gasteiger charge is -2.16. The molecule has 0 aliphatic carbocycles. The molecule has 2 aromatic rings. The Morgan fingerprint density at radius 2 is 2.09 bits per heavy atom. The first-order valence-electron chi connectivity index (χ1n) is 7.34. The summed E-state index contributed by atoms with van der Waals surface area (Å²) in [6, 6.07) is 1.92. The Balaban J connectivity index is 2.23. The molecule has 23 heavy (non-hydrogen) atoms. The van der Waals surface area contributed by atoms with Crippen molar-refractivity contribution >= 4 is 45.1 Å². The maximum absolute atomic E-state index is 12.7. The number of nitrogens with one attached hydrogen (secondary N) is 2. The molecular formula is C16H20IN3O2S. The van der Waals surface area contributed by atoms with E-state index in [2.05, 4.69) is 10.3 Å². The molecule has 2 heterocycles. The number of H-pyrrole nitrogens is 1. The van der Waals surface area contributed by atoms with Crippen molar-refractivity contribution in [2.24, 2.45) is 0 Å². The first-order chi connectivity index (χ1) is 10.8. The second-order valence-electron chi connectivity index (χ2n) is 5.40. The van der Waals surface area contributed by atoms with Gasteiger partial charge in [-0.05, 0) is 44.9 Å². The van der Waals surface area contributed by atoms with Crippen LogP contribution >= 0.6 is 34.2 Å². The van der Waals surface area contributed by atoms with Gasteiger partial charge in [-0.2, -0.15) is 0 Å². The van der Waals surface area contributed by atoms with Crippen LogP contribution in [0.1, 0.15) is 39.7 Å². The number of carbonyl (C=O) groups is 1. The number of thiophene rings is 1. The highest BCUT2D eigenvalue weighted by Gasteiger charge is 2.20. The molecule has 1 amide bonds. The first-order valence-corrected chi connectivity index (χ1v) is 9.18. The highest BCUT2D eigenvalue weighted by molar-refractivity contribution is 14.1. The lowest BCUT2D eigenvalue weighted by atomic mass is 10.1. The lowest BCUT2D eigenvalue weighted by Crippen LogP contribution is -2.26. The van der Waals surface area contributed by atoms with Gasteiger partial charge in [0, 0.05) is 23.2 Å². The van der Waals surface area contributed by atoms with Gasteiger partial charge in [0.05, 0.1) is 40.0 Å². The molecule has 0 atom stereocenters. The Morgan fingerprint density at radius 3 is 2.70 bits per heavy atom. The van der Waals surface area contributed by atoms with Crippen molar-refractivity contribution in [2.45, 2.75) is 34.2 Å². The number of aryl methyl sites for hydroxylation is 2. The predicted molar refractivity (Wildman–Crippen MR) is 104 cm³/mol. The van der Waals surface area contributed by atoms with E-state index >= 15 is 0 Å². The van der Waals surface area contributed by atoms with Gasteiger partial charge in [0.1, 0.15) is 0 Å². The molecule has 2 N–H and O–H groups in total. The van der Waals surface area contributed by atoms with E-state index in [9.17, 15) is 9.59 Å². The fourth-order valence-corrected chi connectivity index (χ4v) is 4.01. The zero-order chi connectivity index (χ0) is 17.1. The molecule has 0 bridgehead atoms. The summed E-state index contributed by atoms with van der Waals surface area (Å²) in [5.74, 6) is -0.0807. The average molecular weight is 445 g/mol. The zero-order valence-electron chi connectivity index (χ0n) is 13.6. The number of nitrogens with zero attached hydrogens (tertiary/aromatic N) is 1. The van der Waals surface area contributed by atoms with Gasteiger partial charge in [-0.15, -0.1) is 11.3 Å². The van der Waals surface area contributed by atoms with E-state index < -0.39 is 0 Å². The van der Waals surface area contributed by atoms with Crippen LogP contribution in [-0.4, -0.2) is 20.5 Å². The molecule has 0 aliphatic heterocycles. The largest absolute Gasteiger partial charge is 0.377 e. The molecule has 5 nitrogen and oxygen atoms in total. The third-order valence-corrected chi connectivity index (χ3v) is 5.44. The monoisotopic (exact) mass is 445 g/mol. The van der Waals surface area contributed by atoms with Gasteiger partial charge in [-0.3, -0.25) is 12.7 Å². The van der Waals surface area contributed by atoms with Crippen LogP contribution in [0.15, 0.2) is 16.2 Å². The van der Waals surface area contributed by atoms with Crippen molar-refractivity contribution in [3.05, 3.63) is 49.7 Å². The van der Waals surface area contributed by atoms with Crippen LogP contribution in [-0.2, 0) is 6.54 Å². The fourth-order valence-electron chi connectivity index (χ4n) is 2.38. The topological polar surface area (TPSA) is 65.2 Å². The van der Waals surface area contributed by atoms with E-state index in [4.69, 9.17) is 0 Å². The zero-order valence-corrected chi connectivity index (χ0v) is 16.6. The summed E-state index contributed by atoms with van der Waals surface area (Å²) >= 11 is 3.51. The smallest absolute Gasteiger partial charge is 0.264 e. The Bertz CT molecular complexity index is 782. The summed E-state index contributed by atoms with van der Waals surface area (Å²) < 4.78 is 1.56. The number of rotatable bonds is 5. The van der Waals surface area contributed by atoms with Crippen LogP contribution in [0.4, 0.5) is 5.00 Å².